The van der Waals surface area contributed by atoms with Crippen LogP contribution in [0.15, 0.2) is 28.8 Å². The standard InChI is InChI=1S/C15H16N2O4/c1-20-15(6-3-7-15)9-12-16-13(17-21-12)10-4-2-5-11(8-10)14(18)19/h2,4-5,8H,3,6-7,9H2,1H3,(H,18,19). The molecule has 6 nitrogen and oxygen atoms in total. The van der Waals surface area contributed by atoms with Gasteiger partial charge >= 0.3 is 5.97 Å². The molecule has 21 heavy (non-hydrogen) atoms. The van der Waals surface area contributed by atoms with Crippen LogP contribution in [0.1, 0.15) is 35.5 Å². The Balaban J connectivity index is 1.81. The van der Waals surface area contributed by atoms with Gasteiger partial charge in [0.15, 0.2) is 0 Å². The fraction of sp³-hybridized carbons (Fsp3) is 0.400. The third kappa shape index (κ3) is 2.67. The normalized spacial score (nSPS) is 16.4. The lowest BCUT2D eigenvalue weighted by molar-refractivity contribution is -0.0751. The molecule has 1 aliphatic carbocycles. The van der Waals surface area contributed by atoms with E-state index in [0.717, 1.165) is 19.3 Å². The molecule has 1 fully saturated rings. The Morgan fingerprint density at radius 1 is 1.48 bits per heavy atom. The van der Waals surface area contributed by atoms with Gasteiger partial charge in [-0.1, -0.05) is 17.3 Å². The van der Waals surface area contributed by atoms with Gasteiger partial charge in [-0.3, -0.25) is 0 Å². The minimum Gasteiger partial charge on any atom is -0.478 e. The van der Waals surface area contributed by atoms with Crippen LogP contribution in [0.4, 0.5) is 0 Å². The van der Waals surface area contributed by atoms with Crippen molar-refractivity contribution in [2.24, 2.45) is 0 Å². The van der Waals surface area contributed by atoms with Crippen LogP contribution in [0.3, 0.4) is 0 Å². The lowest BCUT2D eigenvalue weighted by Crippen LogP contribution is -2.41. The summed E-state index contributed by atoms with van der Waals surface area (Å²) < 4.78 is 10.8. The van der Waals surface area contributed by atoms with Crippen molar-refractivity contribution in [1.82, 2.24) is 10.1 Å². The summed E-state index contributed by atoms with van der Waals surface area (Å²) >= 11 is 0. The smallest absolute Gasteiger partial charge is 0.335 e. The highest BCUT2D eigenvalue weighted by Gasteiger charge is 2.38. The number of carbonyl (C=O) groups is 1. The summed E-state index contributed by atoms with van der Waals surface area (Å²) in [6.07, 6.45) is 3.73. The van der Waals surface area contributed by atoms with Crippen molar-refractivity contribution in [2.75, 3.05) is 7.11 Å². The first-order chi connectivity index (χ1) is 10.1. The molecule has 0 bridgehead atoms. The molecule has 6 heteroatoms. The van der Waals surface area contributed by atoms with Crippen molar-refractivity contribution < 1.29 is 19.2 Å². The van der Waals surface area contributed by atoms with Crippen LogP contribution in [0, 0.1) is 0 Å². The monoisotopic (exact) mass is 288 g/mol. The first-order valence-corrected chi connectivity index (χ1v) is 6.83. The van der Waals surface area contributed by atoms with Gasteiger partial charge in [0.2, 0.25) is 11.7 Å². The highest BCUT2D eigenvalue weighted by atomic mass is 16.5. The predicted molar refractivity (Wildman–Crippen MR) is 74.0 cm³/mol. The molecule has 1 aromatic carbocycles. The highest BCUT2D eigenvalue weighted by Crippen LogP contribution is 2.37. The average molecular weight is 288 g/mol. The van der Waals surface area contributed by atoms with Crippen molar-refractivity contribution in [3.05, 3.63) is 35.7 Å². The maximum atomic E-state index is 11.0. The number of aromatic carboxylic acids is 1. The number of rotatable bonds is 5. The van der Waals surface area contributed by atoms with Gasteiger partial charge in [-0.15, -0.1) is 0 Å². The van der Waals surface area contributed by atoms with Crippen molar-refractivity contribution in [3.8, 4) is 11.4 Å². The SMILES string of the molecule is COC1(Cc2nc(-c3cccc(C(=O)O)c3)no2)CCC1. The van der Waals surface area contributed by atoms with E-state index in [1.165, 1.54) is 12.1 Å². The number of aromatic nitrogens is 2. The number of methoxy groups -OCH3 is 1. The molecule has 0 atom stereocenters. The first kappa shape index (κ1) is 13.8. The van der Waals surface area contributed by atoms with Crippen molar-refractivity contribution in [2.45, 2.75) is 31.3 Å². The van der Waals surface area contributed by atoms with Crippen LogP contribution in [-0.4, -0.2) is 33.9 Å². The molecule has 0 amide bonds. The van der Waals surface area contributed by atoms with Crippen LogP contribution >= 0.6 is 0 Å². The molecule has 0 aliphatic heterocycles. The second kappa shape index (κ2) is 5.29. The van der Waals surface area contributed by atoms with Gasteiger partial charge in [0.05, 0.1) is 17.6 Å². The Kier molecular flexibility index (Phi) is 3.47. The predicted octanol–water partition coefficient (Wildman–Crippen LogP) is 2.55. The summed E-state index contributed by atoms with van der Waals surface area (Å²) in [4.78, 5) is 15.3. The van der Waals surface area contributed by atoms with E-state index in [-0.39, 0.29) is 11.2 Å². The van der Waals surface area contributed by atoms with E-state index in [0.29, 0.717) is 23.7 Å². The van der Waals surface area contributed by atoms with E-state index in [9.17, 15) is 4.79 Å². The molecular formula is C15H16N2O4. The number of carboxylic acids is 1. The van der Waals surface area contributed by atoms with E-state index in [2.05, 4.69) is 10.1 Å². The topological polar surface area (TPSA) is 85.5 Å². The molecule has 1 aromatic heterocycles. The van der Waals surface area contributed by atoms with Crippen LogP contribution in [-0.2, 0) is 11.2 Å². The van der Waals surface area contributed by atoms with Crippen LogP contribution in [0.25, 0.3) is 11.4 Å². The van der Waals surface area contributed by atoms with Gasteiger partial charge in [-0.2, -0.15) is 4.98 Å². The average Bonchev–Trinajstić information content (AvgIpc) is 2.91. The van der Waals surface area contributed by atoms with E-state index in [1.54, 1.807) is 19.2 Å². The summed E-state index contributed by atoms with van der Waals surface area (Å²) in [6.45, 7) is 0. The Morgan fingerprint density at radius 3 is 2.90 bits per heavy atom. The zero-order valence-corrected chi connectivity index (χ0v) is 11.7. The second-order valence-corrected chi connectivity index (χ2v) is 5.32. The molecule has 0 radical (unpaired) electrons. The fourth-order valence-corrected chi connectivity index (χ4v) is 2.54. The van der Waals surface area contributed by atoms with Gasteiger partial charge in [-0.25, -0.2) is 4.79 Å². The van der Waals surface area contributed by atoms with Gasteiger partial charge in [0.1, 0.15) is 0 Å². The summed E-state index contributed by atoms with van der Waals surface area (Å²) in [5.41, 5.74) is 0.656. The van der Waals surface area contributed by atoms with Crippen molar-refractivity contribution in [3.63, 3.8) is 0 Å². The zero-order valence-electron chi connectivity index (χ0n) is 11.7. The van der Waals surface area contributed by atoms with Crippen LogP contribution in [0.2, 0.25) is 0 Å². The van der Waals surface area contributed by atoms with E-state index >= 15 is 0 Å². The third-order valence-electron chi connectivity index (χ3n) is 4.01. The molecule has 1 aliphatic rings. The molecule has 1 N–H and O–H groups in total. The molecular weight excluding hydrogens is 272 g/mol. The number of benzene rings is 1. The Bertz CT molecular complexity index is 656. The number of carboxylic acid groups (broad SMARTS) is 1. The van der Waals surface area contributed by atoms with Gasteiger partial charge in [0.25, 0.3) is 0 Å². The Hall–Kier alpha value is -2.21. The lowest BCUT2D eigenvalue weighted by atomic mass is 9.77. The first-order valence-electron chi connectivity index (χ1n) is 6.83. The zero-order chi connectivity index (χ0) is 14.9. The molecule has 0 spiro atoms. The lowest BCUT2D eigenvalue weighted by Gasteiger charge is -2.39. The Labute approximate surface area is 121 Å². The third-order valence-corrected chi connectivity index (χ3v) is 4.01. The molecule has 1 heterocycles. The van der Waals surface area contributed by atoms with Crippen molar-refractivity contribution in [1.29, 1.82) is 0 Å². The summed E-state index contributed by atoms with van der Waals surface area (Å²) in [5, 5.41) is 12.9. The largest absolute Gasteiger partial charge is 0.478 e. The fourth-order valence-electron chi connectivity index (χ4n) is 2.54. The number of ether oxygens (including phenoxy) is 1. The summed E-state index contributed by atoms with van der Waals surface area (Å²) in [6, 6.07) is 6.49. The van der Waals surface area contributed by atoms with Crippen molar-refractivity contribution >= 4 is 5.97 Å². The number of nitrogens with zero attached hydrogens (tertiary/aromatic N) is 2. The molecule has 0 unspecified atom stereocenters. The maximum Gasteiger partial charge on any atom is 0.335 e. The van der Waals surface area contributed by atoms with Crippen LogP contribution in [0.5, 0.6) is 0 Å². The summed E-state index contributed by atoms with van der Waals surface area (Å²) in [7, 11) is 1.70. The molecule has 0 saturated heterocycles. The van der Waals surface area contributed by atoms with E-state index in [1.807, 2.05) is 0 Å². The van der Waals surface area contributed by atoms with Gasteiger partial charge < -0.3 is 14.4 Å². The van der Waals surface area contributed by atoms with Gasteiger partial charge in [-0.05, 0) is 31.4 Å². The molecule has 1 saturated carbocycles. The molecule has 110 valence electrons. The quantitative estimate of drug-likeness (QED) is 0.910. The van der Waals surface area contributed by atoms with Crippen LogP contribution < -0.4 is 0 Å². The highest BCUT2D eigenvalue weighted by molar-refractivity contribution is 5.89. The molecule has 2 aromatic rings. The minimum absolute atomic E-state index is 0.174. The second-order valence-electron chi connectivity index (χ2n) is 5.32. The number of hydrogen-bond donors (Lipinski definition) is 1. The maximum absolute atomic E-state index is 11.0. The summed E-state index contributed by atoms with van der Waals surface area (Å²) in [5.74, 6) is -0.0562. The van der Waals surface area contributed by atoms with Gasteiger partial charge in [0, 0.05) is 12.7 Å². The van der Waals surface area contributed by atoms with E-state index < -0.39 is 5.97 Å². The molecule has 3 rings (SSSR count). The minimum atomic E-state index is -0.978. The number of hydrogen-bond acceptors (Lipinski definition) is 5. The van der Waals surface area contributed by atoms with E-state index in [4.69, 9.17) is 14.4 Å². The Morgan fingerprint density at radius 2 is 2.29 bits per heavy atom.